The van der Waals surface area contributed by atoms with Gasteiger partial charge in [-0.15, -0.1) is 0 Å². The van der Waals surface area contributed by atoms with Gasteiger partial charge >= 0.3 is 13.8 Å². The minimum absolute atomic E-state index is 0.0843. The molecule has 0 amide bonds. The van der Waals surface area contributed by atoms with E-state index < -0.39 is 37.5 Å². The second kappa shape index (κ2) is 5.69. The zero-order valence-corrected chi connectivity index (χ0v) is 19.0. The summed E-state index contributed by atoms with van der Waals surface area (Å²) in [7, 11) is -4.68. The Balaban J connectivity index is 1.30. The van der Waals surface area contributed by atoms with Crippen molar-refractivity contribution in [2.24, 2.45) is 17.3 Å². The van der Waals surface area contributed by atoms with Crippen molar-refractivity contribution in [3.8, 4) is 0 Å². The molecule has 0 aromatic heterocycles. The molecule has 2 N–H and O–H groups in total. The molecule has 3 aliphatic carbocycles. The van der Waals surface area contributed by atoms with Gasteiger partial charge < -0.3 is 33.5 Å². The molecule has 32 heavy (non-hydrogen) atoms. The molecule has 4 aliphatic heterocycles. The second-order valence-electron chi connectivity index (χ2n) is 10.8. The third kappa shape index (κ3) is 2.05. The quantitative estimate of drug-likeness (QED) is 0.261. The van der Waals surface area contributed by atoms with Gasteiger partial charge in [0.05, 0.1) is 6.10 Å². The van der Waals surface area contributed by atoms with Crippen molar-refractivity contribution in [3.05, 3.63) is 11.1 Å². The molecule has 0 unspecified atom stereocenters. The number of rotatable bonds is 5. The van der Waals surface area contributed by atoms with E-state index >= 15 is 0 Å². The molecule has 10 nitrogen and oxygen atoms in total. The van der Waals surface area contributed by atoms with Gasteiger partial charge in [0.1, 0.15) is 36.1 Å². The monoisotopic (exact) mass is 470 g/mol. The number of cyclic esters (lactones) is 1. The number of esters is 1. The molecule has 5 fully saturated rings. The molecular formula is C21H27O10P. The minimum Gasteiger partial charge on any atom is -0.458 e. The van der Waals surface area contributed by atoms with E-state index in [1.807, 2.05) is 0 Å². The van der Waals surface area contributed by atoms with Crippen molar-refractivity contribution < 1.29 is 47.4 Å². The highest BCUT2D eigenvalue weighted by Crippen LogP contribution is 2.83. The molecule has 7 rings (SSSR count). The zero-order valence-electron chi connectivity index (χ0n) is 18.1. The topological polar surface area (TPSA) is 140 Å². The molecule has 7 aliphatic rings. The summed E-state index contributed by atoms with van der Waals surface area (Å²) in [4.78, 5) is 30.5. The van der Waals surface area contributed by atoms with Crippen LogP contribution in [0.15, 0.2) is 11.1 Å². The summed E-state index contributed by atoms with van der Waals surface area (Å²) in [6, 6.07) is 0. The Morgan fingerprint density at radius 3 is 2.72 bits per heavy atom. The van der Waals surface area contributed by atoms with Crippen LogP contribution in [0.25, 0.3) is 0 Å². The molecule has 0 aromatic rings. The number of epoxide rings is 3. The van der Waals surface area contributed by atoms with Crippen LogP contribution >= 0.6 is 7.82 Å². The molecule has 4 heterocycles. The van der Waals surface area contributed by atoms with Gasteiger partial charge in [-0.1, -0.05) is 20.8 Å². The van der Waals surface area contributed by atoms with Gasteiger partial charge in [0.25, 0.3) is 0 Å². The fourth-order valence-corrected chi connectivity index (χ4v) is 8.28. The van der Waals surface area contributed by atoms with Crippen molar-refractivity contribution in [2.75, 3.05) is 13.4 Å². The van der Waals surface area contributed by atoms with Crippen molar-refractivity contribution >= 4 is 13.8 Å². The number of ether oxygens (including phenoxy) is 5. The largest absolute Gasteiger partial charge is 0.471 e. The van der Waals surface area contributed by atoms with E-state index in [1.165, 1.54) is 0 Å². The number of hydrogen-bond donors (Lipinski definition) is 2. The summed E-state index contributed by atoms with van der Waals surface area (Å²) < 4.78 is 46.7. The standard InChI is InChI=1S/C21H27O10P/c1-9(2)19-14(30-19)15-21(31-15)18(3)5-4-10-11(7-26-16(10)22)12(18)6-13-20(21,29-13)17(19)27-8-28-32(23,24)25/h9,12-15,17H,4-8H2,1-3H3,(H2,23,24,25)/t12-,13-,14-,15+,17+,18-,19-,20+,21+/m0/s1. The van der Waals surface area contributed by atoms with Crippen molar-refractivity contribution in [1.29, 1.82) is 0 Å². The van der Waals surface area contributed by atoms with E-state index in [-0.39, 0.29) is 41.5 Å². The summed E-state index contributed by atoms with van der Waals surface area (Å²) in [5, 5.41) is 0. The van der Waals surface area contributed by atoms with Crippen molar-refractivity contribution in [1.82, 2.24) is 0 Å². The number of carbonyl (C=O) groups is 1. The van der Waals surface area contributed by atoms with Gasteiger partial charge in [-0.3, -0.25) is 4.52 Å². The van der Waals surface area contributed by atoms with Crippen LogP contribution in [0.2, 0.25) is 0 Å². The van der Waals surface area contributed by atoms with E-state index in [2.05, 4.69) is 25.3 Å². The van der Waals surface area contributed by atoms with Crippen molar-refractivity contribution in [2.45, 2.75) is 81.3 Å². The van der Waals surface area contributed by atoms with Crippen LogP contribution in [0.5, 0.6) is 0 Å². The highest BCUT2D eigenvalue weighted by Gasteiger charge is 3.00. The first-order valence-electron chi connectivity index (χ1n) is 11.3. The Kier molecular flexibility index (Phi) is 3.65. The Bertz CT molecular complexity index is 1020. The molecule has 0 radical (unpaired) electrons. The highest BCUT2D eigenvalue weighted by molar-refractivity contribution is 7.46. The molecule has 2 saturated carbocycles. The lowest BCUT2D eigenvalue weighted by atomic mass is 9.46. The molecule has 3 saturated heterocycles. The van der Waals surface area contributed by atoms with Gasteiger partial charge in [-0.25, -0.2) is 9.36 Å². The summed E-state index contributed by atoms with van der Waals surface area (Å²) in [6.45, 7) is 6.10. The van der Waals surface area contributed by atoms with E-state index in [1.54, 1.807) is 0 Å². The predicted octanol–water partition coefficient (Wildman–Crippen LogP) is 1.19. The number of fused-ring (bicyclic) bond motifs is 4. The van der Waals surface area contributed by atoms with Crippen LogP contribution in [0.3, 0.4) is 0 Å². The normalized spacial score (nSPS) is 54.1. The van der Waals surface area contributed by atoms with Gasteiger partial charge in [0, 0.05) is 11.0 Å². The lowest BCUT2D eigenvalue weighted by molar-refractivity contribution is -0.155. The van der Waals surface area contributed by atoms with E-state index in [4.69, 9.17) is 33.5 Å². The average Bonchev–Trinajstić information content (AvgIpc) is 3.59. The van der Waals surface area contributed by atoms with Gasteiger partial charge in [0.15, 0.2) is 12.4 Å². The fraction of sp³-hybridized carbons (Fsp3) is 0.857. The van der Waals surface area contributed by atoms with Crippen LogP contribution in [0, 0.1) is 17.3 Å². The number of phosphoric ester groups is 1. The Morgan fingerprint density at radius 2 is 2.00 bits per heavy atom. The van der Waals surface area contributed by atoms with Gasteiger partial charge in [0.2, 0.25) is 0 Å². The third-order valence-electron chi connectivity index (χ3n) is 9.52. The Hall–Kier alpha value is -0.840. The van der Waals surface area contributed by atoms with Crippen LogP contribution in [-0.4, -0.2) is 70.4 Å². The Morgan fingerprint density at radius 1 is 1.22 bits per heavy atom. The molecule has 0 aromatic carbocycles. The highest BCUT2D eigenvalue weighted by atomic mass is 31.2. The van der Waals surface area contributed by atoms with E-state index in [0.717, 1.165) is 24.0 Å². The summed E-state index contributed by atoms with van der Waals surface area (Å²) >= 11 is 0. The maximum atomic E-state index is 12.2. The van der Waals surface area contributed by atoms with E-state index in [0.29, 0.717) is 13.0 Å². The van der Waals surface area contributed by atoms with Crippen molar-refractivity contribution in [3.63, 3.8) is 0 Å². The summed E-state index contributed by atoms with van der Waals surface area (Å²) in [5.74, 6) is -0.00758. The van der Waals surface area contributed by atoms with Crippen LogP contribution in [0.1, 0.15) is 40.0 Å². The molecular weight excluding hydrogens is 443 g/mol. The first-order valence-corrected chi connectivity index (χ1v) is 12.8. The molecule has 176 valence electrons. The SMILES string of the molecule is CC(C)[C@]12O[C@H]1[C@H]1O[C@]13[C@]1(O[C@H]1C[C@H]1C4=C(CC[C@@]13C)C(=O)OC4)[C@@H]2OCOP(=O)(O)O. The van der Waals surface area contributed by atoms with Crippen LogP contribution in [0.4, 0.5) is 0 Å². The smallest absolute Gasteiger partial charge is 0.458 e. The van der Waals surface area contributed by atoms with Gasteiger partial charge in [-0.05, 0) is 36.7 Å². The minimum atomic E-state index is -4.68. The number of carbonyl (C=O) groups excluding carboxylic acids is 1. The molecule has 11 heteroatoms. The first-order chi connectivity index (χ1) is 15.0. The zero-order chi connectivity index (χ0) is 22.5. The van der Waals surface area contributed by atoms with E-state index in [9.17, 15) is 9.36 Å². The first kappa shape index (κ1) is 20.5. The number of phosphoric acid groups is 1. The lowest BCUT2D eigenvalue weighted by Crippen LogP contribution is -2.69. The molecule has 2 spiro atoms. The number of hydrogen-bond acceptors (Lipinski definition) is 8. The maximum Gasteiger partial charge on any atom is 0.471 e. The summed E-state index contributed by atoms with van der Waals surface area (Å²) in [6.07, 6.45) is 1.09. The maximum absolute atomic E-state index is 12.2. The average molecular weight is 470 g/mol. The van der Waals surface area contributed by atoms with Crippen LogP contribution in [-0.2, 0) is 37.6 Å². The Labute approximate surface area is 184 Å². The predicted molar refractivity (Wildman–Crippen MR) is 104 cm³/mol. The third-order valence-corrected chi connectivity index (χ3v) is 9.96. The lowest BCUT2D eigenvalue weighted by Gasteiger charge is -2.54. The van der Waals surface area contributed by atoms with Crippen LogP contribution < -0.4 is 0 Å². The molecule has 0 bridgehead atoms. The van der Waals surface area contributed by atoms with Gasteiger partial charge in [-0.2, -0.15) is 0 Å². The second-order valence-corrected chi connectivity index (χ2v) is 12.0. The molecule has 9 atom stereocenters. The summed E-state index contributed by atoms with van der Waals surface area (Å²) in [5.41, 5.74) is -0.447. The fourth-order valence-electron chi connectivity index (χ4n) is 8.08.